The first-order chi connectivity index (χ1) is 9.00. The highest BCUT2D eigenvalue weighted by Gasteiger charge is 2.11. The SMILES string of the molecule is CC(C)N(C)CCCn1c(N)nc2c(F)cccc21. The molecular weight excluding hydrogens is 243 g/mol. The number of nitrogens with two attached hydrogens (primary N) is 1. The summed E-state index contributed by atoms with van der Waals surface area (Å²) in [6.07, 6.45) is 0.959. The highest BCUT2D eigenvalue weighted by Crippen LogP contribution is 2.20. The number of aryl methyl sites for hydroxylation is 1. The lowest BCUT2D eigenvalue weighted by molar-refractivity contribution is 0.266. The van der Waals surface area contributed by atoms with Gasteiger partial charge in [0.05, 0.1) is 5.52 Å². The normalized spacial score (nSPS) is 11.9. The van der Waals surface area contributed by atoms with Crippen molar-refractivity contribution in [3.8, 4) is 0 Å². The van der Waals surface area contributed by atoms with Crippen LogP contribution >= 0.6 is 0 Å². The summed E-state index contributed by atoms with van der Waals surface area (Å²) < 4.78 is 15.5. The number of rotatable bonds is 5. The van der Waals surface area contributed by atoms with E-state index in [4.69, 9.17) is 5.73 Å². The number of fused-ring (bicyclic) bond motifs is 1. The van der Waals surface area contributed by atoms with Crippen LogP contribution in [0.15, 0.2) is 18.2 Å². The molecule has 0 bridgehead atoms. The molecule has 0 radical (unpaired) electrons. The maximum Gasteiger partial charge on any atom is 0.201 e. The Morgan fingerprint density at radius 1 is 1.42 bits per heavy atom. The van der Waals surface area contributed by atoms with Crippen molar-refractivity contribution in [2.24, 2.45) is 0 Å². The Morgan fingerprint density at radius 3 is 2.84 bits per heavy atom. The van der Waals surface area contributed by atoms with Gasteiger partial charge in [-0.2, -0.15) is 0 Å². The fourth-order valence-electron chi connectivity index (χ4n) is 2.10. The maximum atomic E-state index is 13.6. The molecule has 0 atom stereocenters. The van der Waals surface area contributed by atoms with E-state index in [0.29, 0.717) is 17.5 Å². The number of nitrogen functional groups attached to an aromatic ring is 1. The van der Waals surface area contributed by atoms with E-state index in [1.165, 1.54) is 6.07 Å². The molecule has 5 heteroatoms. The van der Waals surface area contributed by atoms with Crippen molar-refractivity contribution in [2.45, 2.75) is 32.9 Å². The van der Waals surface area contributed by atoms with Crippen molar-refractivity contribution in [3.05, 3.63) is 24.0 Å². The third-order valence-electron chi connectivity index (χ3n) is 3.53. The Labute approximate surface area is 113 Å². The summed E-state index contributed by atoms with van der Waals surface area (Å²) in [4.78, 5) is 6.37. The third-order valence-corrected chi connectivity index (χ3v) is 3.53. The van der Waals surface area contributed by atoms with Crippen LogP contribution in [-0.4, -0.2) is 34.1 Å². The fourth-order valence-corrected chi connectivity index (χ4v) is 2.10. The molecule has 0 spiro atoms. The molecular formula is C14H21FN4. The lowest BCUT2D eigenvalue weighted by Crippen LogP contribution is -2.28. The molecule has 0 aliphatic carbocycles. The van der Waals surface area contributed by atoms with Gasteiger partial charge in [0.1, 0.15) is 5.52 Å². The maximum absolute atomic E-state index is 13.6. The molecule has 1 heterocycles. The molecule has 4 nitrogen and oxygen atoms in total. The van der Waals surface area contributed by atoms with E-state index in [-0.39, 0.29) is 5.82 Å². The topological polar surface area (TPSA) is 47.1 Å². The lowest BCUT2D eigenvalue weighted by Gasteiger charge is -2.20. The number of hydrogen-bond acceptors (Lipinski definition) is 3. The number of benzene rings is 1. The van der Waals surface area contributed by atoms with Gasteiger partial charge < -0.3 is 15.2 Å². The van der Waals surface area contributed by atoms with Crippen LogP contribution in [-0.2, 0) is 6.54 Å². The molecule has 0 aliphatic heterocycles. The van der Waals surface area contributed by atoms with Crippen molar-refractivity contribution in [1.29, 1.82) is 0 Å². The first-order valence-corrected chi connectivity index (χ1v) is 6.61. The van der Waals surface area contributed by atoms with Crippen LogP contribution in [0.4, 0.5) is 10.3 Å². The van der Waals surface area contributed by atoms with Crippen molar-refractivity contribution >= 4 is 17.0 Å². The highest BCUT2D eigenvalue weighted by atomic mass is 19.1. The average molecular weight is 264 g/mol. The van der Waals surface area contributed by atoms with Crippen molar-refractivity contribution in [3.63, 3.8) is 0 Å². The van der Waals surface area contributed by atoms with E-state index >= 15 is 0 Å². The van der Waals surface area contributed by atoms with Gasteiger partial charge >= 0.3 is 0 Å². The van der Waals surface area contributed by atoms with Crippen molar-refractivity contribution < 1.29 is 4.39 Å². The van der Waals surface area contributed by atoms with Gasteiger partial charge in [0.2, 0.25) is 5.95 Å². The second-order valence-electron chi connectivity index (χ2n) is 5.16. The molecule has 2 aromatic rings. The van der Waals surface area contributed by atoms with Crippen LogP contribution in [0.25, 0.3) is 11.0 Å². The zero-order chi connectivity index (χ0) is 14.0. The van der Waals surface area contributed by atoms with E-state index < -0.39 is 0 Å². The first kappa shape index (κ1) is 13.8. The fraction of sp³-hybridized carbons (Fsp3) is 0.500. The predicted octanol–water partition coefficient (Wildman–Crippen LogP) is 2.49. The van der Waals surface area contributed by atoms with Gasteiger partial charge in [-0.05, 0) is 46.0 Å². The van der Waals surface area contributed by atoms with Crippen molar-refractivity contribution in [1.82, 2.24) is 14.5 Å². The van der Waals surface area contributed by atoms with E-state index in [0.717, 1.165) is 25.0 Å². The first-order valence-electron chi connectivity index (χ1n) is 6.61. The van der Waals surface area contributed by atoms with E-state index in [1.807, 2.05) is 10.6 Å². The number of hydrogen-bond donors (Lipinski definition) is 1. The molecule has 2 N–H and O–H groups in total. The molecule has 0 saturated heterocycles. The van der Waals surface area contributed by atoms with Crippen molar-refractivity contribution in [2.75, 3.05) is 19.3 Å². The van der Waals surface area contributed by atoms with Gasteiger partial charge in [-0.15, -0.1) is 0 Å². The minimum absolute atomic E-state index is 0.317. The number of para-hydroxylation sites is 1. The molecule has 2 rings (SSSR count). The van der Waals surface area contributed by atoms with E-state index in [1.54, 1.807) is 6.07 Å². The Hall–Kier alpha value is -1.62. The molecule has 19 heavy (non-hydrogen) atoms. The molecule has 1 aromatic carbocycles. The standard InChI is InChI=1S/C14H21FN4/c1-10(2)18(3)8-5-9-19-12-7-4-6-11(15)13(12)17-14(19)16/h4,6-7,10H,5,8-9H2,1-3H3,(H2,16,17). The van der Waals surface area contributed by atoms with Gasteiger partial charge in [-0.25, -0.2) is 9.37 Å². The average Bonchev–Trinajstić information content (AvgIpc) is 2.68. The zero-order valence-corrected chi connectivity index (χ0v) is 11.7. The summed E-state index contributed by atoms with van der Waals surface area (Å²) in [5.74, 6) is 0.0644. The smallest absolute Gasteiger partial charge is 0.201 e. The third kappa shape index (κ3) is 2.87. The number of halogens is 1. The molecule has 0 unspecified atom stereocenters. The van der Waals surface area contributed by atoms with Crippen LogP contribution in [0, 0.1) is 5.82 Å². The quantitative estimate of drug-likeness (QED) is 0.902. The van der Waals surface area contributed by atoms with Crippen LogP contribution < -0.4 is 5.73 Å². The van der Waals surface area contributed by atoms with Gasteiger partial charge in [0, 0.05) is 12.6 Å². The molecule has 0 amide bonds. The molecule has 104 valence electrons. The minimum Gasteiger partial charge on any atom is -0.369 e. The number of aromatic nitrogens is 2. The summed E-state index contributed by atoms with van der Waals surface area (Å²) >= 11 is 0. The lowest BCUT2D eigenvalue weighted by atomic mass is 10.3. The largest absolute Gasteiger partial charge is 0.369 e. The summed E-state index contributed by atoms with van der Waals surface area (Å²) in [5, 5.41) is 0. The second-order valence-corrected chi connectivity index (χ2v) is 5.16. The Bertz CT molecular complexity index is 562. The molecule has 0 aliphatic rings. The van der Waals surface area contributed by atoms with E-state index in [9.17, 15) is 4.39 Å². The van der Waals surface area contributed by atoms with Gasteiger partial charge in [0.15, 0.2) is 5.82 Å². The number of anilines is 1. The zero-order valence-electron chi connectivity index (χ0n) is 11.7. The number of imidazole rings is 1. The van der Waals surface area contributed by atoms with Gasteiger partial charge in [-0.3, -0.25) is 0 Å². The number of nitrogens with zero attached hydrogens (tertiary/aromatic N) is 3. The van der Waals surface area contributed by atoms with E-state index in [2.05, 4.69) is 30.8 Å². The minimum atomic E-state index is -0.317. The molecule has 0 saturated carbocycles. The van der Waals surface area contributed by atoms with Gasteiger partial charge in [0.25, 0.3) is 0 Å². The molecule has 0 fully saturated rings. The van der Waals surface area contributed by atoms with Crippen LogP contribution in [0.3, 0.4) is 0 Å². The van der Waals surface area contributed by atoms with Crippen LogP contribution in [0.2, 0.25) is 0 Å². The second kappa shape index (κ2) is 5.57. The monoisotopic (exact) mass is 264 g/mol. The summed E-state index contributed by atoms with van der Waals surface area (Å²) in [7, 11) is 2.10. The Morgan fingerprint density at radius 2 is 2.16 bits per heavy atom. The van der Waals surface area contributed by atoms with Gasteiger partial charge in [-0.1, -0.05) is 6.07 Å². The summed E-state index contributed by atoms with van der Waals surface area (Å²) in [5.41, 5.74) is 7.00. The Balaban J connectivity index is 2.13. The molecule has 1 aromatic heterocycles. The summed E-state index contributed by atoms with van der Waals surface area (Å²) in [6, 6.07) is 5.48. The van der Waals surface area contributed by atoms with Crippen LogP contribution in [0.1, 0.15) is 20.3 Å². The summed E-state index contributed by atoms with van der Waals surface area (Å²) in [6.45, 7) is 6.06. The predicted molar refractivity (Wildman–Crippen MR) is 76.5 cm³/mol. The van der Waals surface area contributed by atoms with Crippen LogP contribution in [0.5, 0.6) is 0 Å². The highest BCUT2D eigenvalue weighted by molar-refractivity contribution is 5.78. The Kier molecular flexibility index (Phi) is 4.04.